The summed E-state index contributed by atoms with van der Waals surface area (Å²) in [5, 5.41) is 3.66. The van der Waals surface area contributed by atoms with E-state index in [4.69, 9.17) is 11.6 Å². The van der Waals surface area contributed by atoms with Gasteiger partial charge in [0.25, 0.3) is 0 Å². The van der Waals surface area contributed by atoms with Gasteiger partial charge in [-0.15, -0.1) is 0 Å². The monoisotopic (exact) mass is 303 g/mol. The van der Waals surface area contributed by atoms with Gasteiger partial charge in [-0.05, 0) is 36.5 Å². The zero-order valence-electron chi connectivity index (χ0n) is 11.7. The first-order valence-electron chi connectivity index (χ1n) is 6.98. The van der Waals surface area contributed by atoms with Gasteiger partial charge in [-0.2, -0.15) is 8.78 Å². The number of hydrogen-bond donors (Lipinski definition) is 1. The first kappa shape index (κ1) is 15.4. The lowest BCUT2D eigenvalue weighted by molar-refractivity contribution is -0.0497. The van der Waals surface area contributed by atoms with Crippen LogP contribution in [-0.2, 0) is 0 Å². The van der Waals surface area contributed by atoms with Crippen LogP contribution in [-0.4, -0.2) is 12.7 Å². The lowest BCUT2D eigenvalue weighted by atomic mass is 9.78. The summed E-state index contributed by atoms with van der Waals surface area (Å²) in [7, 11) is 0. The average Bonchev–Trinajstić information content (AvgIpc) is 2.38. The van der Waals surface area contributed by atoms with Crippen LogP contribution in [0.4, 0.5) is 14.5 Å². The lowest BCUT2D eigenvalue weighted by Gasteiger charge is -2.35. The summed E-state index contributed by atoms with van der Waals surface area (Å²) in [4.78, 5) is 0. The molecule has 112 valence electrons. The van der Waals surface area contributed by atoms with Gasteiger partial charge in [0.2, 0.25) is 0 Å². The molecule has 1 saturated carbocycles. The van der Waals surface area contributed by atoms with E-state index in [1.807, 2.05) is 0 Å². The number of halogens is 3. The fraction of sp³-hybridized carbons (Fsp3) is 0.600. The molecule has 1 aliphatic rings. The summed E-state index contributed by atoms with van der Waals surface area (Å²) in [5.41, 5.74) is 0.850. The van der Waals surface area contributed by atoms with Crippen LogP contribution in [0.3, 0.4) is 0 Å². The third-order valence-electron chi connectivity index (χ3n) is 4.21. The molecule has 0 spiro atoms. The van der Waals surface area contributed by atoms with Crippen molar-refractivity contribution >= 4 is 17.3 Å². The molecule has 1 aromatic rings. The van der Waals surface area contributed by atoms with Gasteiger partial charge in [0.15, 0.2) is 0 Å². The van der Waals surface area contributed by atoms with Crippen LogP contribution in [0.2, 0.25) is 5.02 Å². The van der Waals surface area contributed by atoms with E-state index >= 15 is 0 Å². The van der Waals surface area contributed by atoms with Gasteiger partial charge in [-0.3, -0.25) is 0 Å². The summed E-state index contributed by atoms with van der Waals surface area (Å²) in [5.74, 6) is 1.29. The third-order valence-corrected chi connectivity index (χ3v) is 4.50. The number of anilines is 1. The average molecular weight is 304 g/mol. The minimum atomic E-state index is -2.86. The molecule has 1 N–H and O–H groups in total. The molecule has 20 heavy (non-hydrogen) atoms. The van der Waals surface area contributed by atoms with Gasteiger partial charge in [0.05, 0.1) is 5.02 Å². The Morgan fingerprint density at radius 1 is 1.30 bits per heavy atom. The molecule has 2 nitrogen and oxygen atoms in total. The summed E-state index contributed by atoms with van der Waals surface area (Å²) >= 11 is 5.96. The topological polar surface area (TPSA) is 21.3 Å². The van der Waals surface area contributed by atoms with Crippen LogP contribution in [0.5, 0.6) is 5.75 Å². The van der Waals surface area contributed by atoms with E-state index < -0.39 is 6.61 Å². The number of rotatable bonds is 4. The molecule has 0 radical (unpaired) electrons. The van der Waals surface area contributed by atoms with Crippen molar-refractivity contribution in [3.63, 3.8) is 0 Å². The van der Waals surface area contributed by atoms with E-state index in [0.29, 0.717) is 17.9 Å². The van der Waals surface area contributed by atoms with Crippen molar-refractivity contribution in [2.24, 2.45) is 11.8 Å². The molecular formula is C15H20ClF2NO. The Morgan fingerprint density at radius 3 is 2.70 bits per heavy atom. The molecule has 0 aliphatic heterocycles. The fourth-order valence-corrected chi connectivity index (χ4v) is 3.01. The molecule has 2 rings (SSSR count). The van der Waals surface area contributed by atoms with Crippen molar-refractivity contribution in [1.82, 2.24) is 0 Å². The molecule has 0 heterocycles. The van der Waals surface area contributed by atoms with Gasteiger partial charge in [-0.25, -0.2) is 0 Å². The molecule has 0 bridgehead atoms. The van der Waals surface area contributed by atoms with Gasteiger partial charge in [0, 0.05) is 11.7 Å². The molecule has 0 amide bonds. The van der Waals surface area contributed by atoms with Crippen molar-refractivity contribution in [1.29, 1.82) is 0 Å². The molecule has 3 atom stereocenters. The minimum Gasteiger partial charge on any atom is -0.433 e. The highest BCUT2D eigenvalue weighted by molar-refractivity contribution is 6.32. The maximum Gasteiger partial charge on any atom is 0.387 e. The molecule has 1 aliphatic carbocycles. The zero-order chi connectivity index (χ0) is 14.7. The van der Waals surface area contributed by atoms with Crippen LogP contribution in [0, 0.1) is 11.8 Å². The Labute approximate surface area is 123 Å². The van der Waals surface area contributed by atoms with Crippen molar-refractivity contribution in [3.05, 3.63) is 23.2 Å². The number of ether oxygens (including phenoxy) is 1. The lowest BCUT2D eigenvalue weighted by Crippen LogP contribution is -2.34. The van der Waals surface area contributed by atoms with Crippen LogP contribution >= 0.6 is 11.6 Å². The normalized spacial score (nSPS) is 26.6. The molecule has 3 unspecified atom stereocenters. The maximum absolute atomic E-state index is 12.2. The van der Waals surface area contributed by atoms with Gasteiger partial charge in [0.1, 0.15) is 5.75 Å². The maximum atomic E-state index is 12.2. The largest absolute Gasteiger partial charge is 0.433 e. The van der Waals surface area contributed by atoms with Crippen molar-refractivity contribution < 1.29 is 13.5 Å². The molecule has 0 aromatic heterocycles. The predicted octanol–water partition coefficient (Wildman–Crippen LogP) is 5.18. The third kappa shape index (κ3) is 3.75. The number of hydrogen-bond acceptors (Lipinski definition) is 2. The zero-order valence-corrected chi connectivity index (χ0v) is 12.5. The van der Waals surface area contributed by atoms with Crippen LogP contribution < -0.4 is 10.1 Å². The number of benzene rings is 1. The molecule has 1 fully saturated rings. The van der Waals surface area contributed by atoms with Gasteiger partial charge >= 0.3 is 6.61 Å². The Kier molecular flexibility index (Phi) is 5.08. The first-order valence-corrected chi connectivity index (χ1v) is 7.36. The van der Waals surface area contributed by atoms with E-state index in [2.05, 4.69) is 23.9 Å². The van der Waals surface area contributed by atoms with E-state index in [0.717, 1.165) is 12.1 Å². The van der Waals surface area contributed by atoms with Crippen LogP contribution in [0.15, 0.2) is 18.2 Å². The standard InChI is InChI=1S/C15H20ClF2NO/c1-9-4-3-5-13(10(9)2)19-11-6-7-14(12(16)8-11)20-15(17)18/h6-10,13,15,19H,3-5H2,1-2H3. The van der Waals surface area contributed by atoms with Crippen molar-refractivity contribution in [2.75, 3.05) is 5.32 Å². The van der Waals surface area contributed by atoms with Gasteiger partial charge in [-0.1, -0.05) is 38.3 Å². The summed E-state index contributed by atoms with van der Waals surface area (Å²) in [6, 6.07) is 5.26. The number of alkyl halides is 2. The quantitative estimate of drug-likeness (QED) is 0.827. The second-order valence-electron chi connectivity index (χ2n) is 5.54. The van der Waals surface area contributed by atoms with Gasteiger partial charge < -0.3 is 10.1 Å². The highest BCUT2D eigenvalue weighted by Crippen LogP contribution is 2.34. The Balaban J connectivity index is 2.04. The summed E-state index contributed by atoms with van der Waals surface area (Å²) < 4.78 is 28.7. The Morgan fingerprint density at radius 2 is 2.05 bits per heavy atom. The minimum absolute atomic E-state index is 0.0114. The smallest absolute Gasteiger partial charge is 0.387 e. The second kappa shape index (κ2) is 6.61. The second-order valence-corrected chi connectivity index (χ2v) is 5.95. The van der Waals surface area contributed by atoms with Crippen molar-refractivity contribution in [2.45, 2.75) is 45.8 Å². The highest BCUT2D eigenvalue weighted by atomic mass is 35.5. The van der Waals surface area contributed by atoms with E-state index in [1.165, 1.54) is 18.9 Å². The van der Waals surface area contributed by atoms with E-state index in [1.54, 1.807) is 12.1 Å². The fourth-order valence-electron chi connectivity index (χ4n) is 2.78. The van der Waals surface area contributed by atoms with Crippen LogP contribution in [0.25, 0.3) is 0 Å². The SMILES string of the molecule is CC1CCCC(Nc2ccc(OC(F)F)c(Cl)c2)C1C. The molecule has 5 heteroatoms. The molecule has 1 aromatic carbocycles. The molecule has 0 saturated heterocycles. The van der Waals surface area contributed by atoms with Crippen LogP contribution in [0.1, 0.15) is 33.1 Å². The summed E-state index contributed by atoms with van der Waals surface area (Å²) in [6.45, 7) is 1.66. The Hall–Kier alpha value is -1.03. The first-order chi connectivity index (χ1) is 9.47. The van der Waals surface area contributed by atoms with E-state index in [-0.39, 0.29) is 10.8 Å². The summed E-state index contributed by atoms with van der Waals surface area (Å²) in [6.07, 6.45) is 3.60. The Bertz CT molecular complexity index is 455. The molecular weight excluding hydrogens is 284 g/mol. The highest BCUT2D eigenvalue weighted by Gasteiger charge is 2.26. The van der Waals surface area contributed by atoms with Crippen molar-refractivity contribution in [3.8, 4) is 5.75 Å². The van der Waals surface area contributed by atoms with E-state index in [9.17, 15) is 8.78 Å². The number of nitrogens with one attached hydrogen (secondary N) is 1. The predicted molar refractivity (Wildman–Crippen MR) is 77.7 cm³/mol.